The molecule has 0 N–H and O–H groups in total. The molecule has 0 saturated carbocycles. The third-order valence-electron chi connectivity index (χ3n) is 5.29. The number of hydrogen-bond acceptors (Lipinski definition) is 4. The van der Waals surface area contributed by atoms with E-state index in [1.165, 1.54) is 0 Å². The molecule has 0 bridgehead atoms. The summed E-state index contributed by atoms with van der Waals surface area (Å²) < 4.78 is 5.55. The highest BCUT2D eigenvalue weighted by molar-refractivity contribution is 5.94. The van der Waals surface area contributed by atoms with Gasteiger partial charge in [-0.1, -0.05) is 24.3 Å². The van der Waals surface area contributed by atoms with Crippen LogP contribution in [0.25, 0.3) is 0 Å². The fraction of sp³-hybridized carbons (Fsp3) is 0.480. The Balaban J connectivity index is 1.83. The van der Waals surface area contributed by atoms with Crippen LogP contribution in [0.4, 0.5) is 10.6 Å². The van der Waals surface area contributed by atoms with Gasteiger partial charge in [-0.3, -0.25) is 9.69 Å². The van der Waals surface area contributed by atoms with Crippen LogP contribution in [0, 0.1) is 0 Å². The first-order chi connectivity index (χ1) is 14.7. The zero-order valence-electron chi connectivity index (χ0n) is 19.2. The quantitative estimate of drug-likeness (QED) is 0.642. The molecule has 1 saturated heterocycles. The Hall–Kier alpha value is -2.89. The average Bonchev–Trinajstić information content (AvgIpc) is 2.73. The Labute approximate surface area is 185 Å². The topological polar surface area (TPSA) is 62.7 Å². The summed E-state index contributed by atoms with van der Waals surface area (Å²) in [7, 11) is 0. The lowest BCUT2D eigenvalue weighted by atomic mass is 9.95. The monoisotopic (exact) mass is 423 g/mol. The molecule has 1 atom stereocenters. The van der Waals surface area contributed by atoms with E-state index in [0.29, 0.717) is 11.4 Å². The number of carbonyl (C=O) groups excluding carboxylic acids is 2. The third kappa shape index (κ3) is 5.63. The van der Waals surface area contributed by atoms with Gasteiger partial charge in [0.15, 0.2) is 0 Å². The normalized spacial score (nSPS) is 16.8. The molecular weight excluding hydrogens is 390 g/mol. The summed E-state index contributed by atoms with van der Waals surface area (Å²) in [6.07, 6.45) is 4.35. The van der Waals surface area contributed by atoms with Gasteiger partial charge in [-0.25, -0.2) is 9.78 Å². The van der Waals surface area contributed by atoms with Crippen LogP contribution in [-0.4, -0.2) is 40.1 Å². The number of pyridine rings is 1. The standard InChI is InChI=1S/C25H33N3O3/c1-18(2)28(24(30)31-25(3,4)5)22-15-14-20(17-26-22)21-13-9-10-16-27(21)23(29)19-11-7-6-8-12-19/h6-8,11-12,14-15,17-18,21H,9-10,13,16H2,1-5H3. The van der Waals surface area contributed by atoms with Crippen molar-refractivity contribution in [3.63, 3.8) is 0 Å². The number of anilines is 1. The summed E-state index contributed by atoms with van der Waals surface area (Å²) in [4.78, 5) is 33.9. The molecule has 1 unspecified atom stereocenters. The number of likely N-dealkylation sites (tertiary alicyclic amines) is 1. The average molecular weight is 424 g/mol. The molecule has 0 radical (unpaired) electrons. The number of amides is 2. The second-order valence-electron chi connectivity index (χ2n) is 9.27. The van der Waals surface area contributed by atoms with Gasteiger partial charge < -0.3 is 9.64 Å². The molecule has 2 amide bonds. The third-order valence-corrected chi connectivity index (χ3v) is 5.29. The molecule has 1 aromatic heterocycles. The summed E-state index contributed by atoms with van der Waals surface area (Å²) in [6.45, 7) is 10.1. The van der Waals surface area contributed by atoms with Crippen molar-refractivity contribution in [3.05, 3.63) is 59.8 Å². The zero-order valence-corrected chi connectivity index (χ0v) is 19.2. The van der Waals surface area contributed by atoms with Gasteiger partial charge in [0.1, 0.15) is 11.4 Å². The first-order valence-corrected chi connectivity index (χ1v) is 11.0. The Kier molecular flexibility index (Phi) is 6.98. The number of benzene rings is 1. The van der Waals surface area contributed by atoms with Gasteiger partial charge in [0.05, 0.1) is 6.04 Å². The van der Waals surface area contributed by atoms with Crippen LogP contribution in [-0.2, 0) is 4.74 Å². The summed E-state index contributed by atoms with van der Waals surface area (Å²) >= 11 is 0. The van der Waals surface area contributed by atoms with E-state index in [0.717, 1.165) is 31.4 Å². The van der Waals surface area contributed by atoms with Crippen LogP contribution in [0.5, 0.6) is 0 Å². The fourth-order valence-electron chi connectivity index (χ4n) is 3.88. The first kappa shape index (κ1) is 22.8. The lowest BCUT2D eigenvalue weighted by Gasteiger charge is -2.36. The fourth-order valence-corrected chi connectivity index (χ4v) is 3.88. The molecule has 2 heterocycles. The lowest BCUT2D eigenvalue weighted by Crippen LogP contribution is -2.41. The number of nitrogens with zero attached hydrogens (tertiary/aromatic N) is 3. The highest BCUT2D eigenvalue weighted by atomic mass is 16.6. The van der Waals surface area contributed by atoms with Crippen molar-refractivity contribution in [3.8, 4) is 0 Å². The van der Waals surface area contributed by atoms with Gasteiger partial charge in [0, 0.05) is 24.3 Å². The number of hydrogen-bond donors (Lipinski definition) is 0. The highest BCUT2D eigenvalue weighted by Gasteiger charge is 2.30. The molecule has 1 aliphatic rings. The smallest absolute Gasteiger partial charge is 0.416 e. The van der Waals surface area contributed by atoms with Gasteiger partial charge in [-0.15, -0.1) is 0 Å². The van der Waals surface area contributed by atoms with E-state index in [1.807, 2.05) is 82.0 Å². The van der Waals surface area contributed by atoms with Crippen LogP contribution in [0.2, 0.25) is 0 Å². The molecular formula is C25H33N3O3. The molecule has 1 aromatic carbocycles. The van der Waals surface area contributed by atoms with E-state index in [-0.39, 0.29) is 18.0 Å². The SMILES string of the molecule is CC(C)N(C(=O)OC(C)(C)C)c1ccc(C2CCCCN2C(=O)c2ccccc2)cn1. The maximum atomic E-state index is 13.1. The van der Waals surface area contributed by atoms with Crippen LogP contribution in [0.3, 0.4) is 0 Å². The molecule has 0 aliphatic carbocycles. The molecule has 0 spiro atoms. The number of piperidine rings is 1. The molecule has 166 valence electrons. The maximum absolute atomic E-state index is 13.1. The predicted octanol–water partition coefficient (Wildman–Crippen LogP) is 5.60. The van der Waals surface area contributed by atoms with Crippen LogP contribution in [0.15, 0.2) is 48.7 Å². The molecule has 6 heteroatoms. The molecule has 3 rings (SSSR count). The molecule has 6 nitrogen and oxygen atoms in total. The van der Waals surface area contributed by atoms with Crippen molar-refractivity contribution in [1.82, 2.24) is 9.88 Å². The minimum absolute atomic E-state index is 0.0166. The number of ether oxygens (including phenoxy) is 1. The van der Waals surface area contributed by atoms with Gasteiger partial charge in [-0.05, 0) is 77.6 Å². The summed E-state index contributed by atoms with van der Waals surface area (Å²) in [5.41, 5.74) is 1.11. The van der Waals surface area contributed by atoms with E-state index in [4.69, 9.17) is 4.74 Å². The Bertz CT molecular complexity index is 888. The van der Waals surface area contributed by atoms with Gasteiger partial charge in [0.25, 0.3) is 5.91 Å². The minimum Gasteiger partial charge on any atom is -0.443 e. The van der Waals surface area contributed by atoms with Crippen LogP contribution >= 0.6 is 0 Å². The van der Waals surface area contributed by atoms with Gasteiger partial charge >= 0.3 is 6.09 Å². The van der Waals surface area contributed by atoms with Crippen molar-refractivity contribution in [2.75, 3.05) is 11.4 Å². The van der Waals surface area contributed by atoms with Crippen molar-refractivity contribution >= 4 is 17.8 Å². The highest BCUT2D eigenvalue weighted by Crippen LogP contribution is 2.32. The molecule has 2 aromatic rings. The van der Waals surface area contributed by atoms with E-state index < -0.39 is 11.7 Å². The van der Waals surface area contributed by atoms with Gasteiger partial charge in [0.2, 0.25) is 0 Å². The second-order valence-corrected chi connectivity index (χ2v) is 9.27. The van der Waals surface area contributed by atoms with Crippen LogP contribution < -0.4 is 4.90 Å². The first-order valence-electron chi connectivity index (χ1n) is 11.0. The van der Waals surface area contributed by atoms with Crippen molar-refractivity contribution in [2.24, 2.45) is 0 Å². The number of carbonyl (C=O) groups is 2. The maximum Gasteiger partial charge on any atom is 0.416 e. The summed E-state index contributed by atoms with van der Waals surface area (Å²) in [5.74, 6) is 0.594. The predicted molar refractivity (Wildman–Crippen MR) is 122 cm³/mol. The summed E-state index contributed by atoms with van der Waals surface area (Å²) in [5, 5.41) is 0. The van der Waals surface area contributed by atoms with Crippen molar-refractivity contribution < 1.29 is 14.3 Å². The zero-order chi connectivity index (χ0) is 22.6. The Morgan fingerprint density at radius 3 is 2.39 bits per heavy atom. The van der Waals surface area contributed by atoms with Crippen molar-refractivity contribution in [2.45, 2.75) is 71.6 Å². The van der Waals surface area contributed by atoms with Crippen molar-refractivity contribution in [1.29, 1.82) is 0 Å². The van der Waals surface area contributed by atoms with E-state index in [9.17, 15) is 9.59 Å². The van der Waals surface area contributed by atoms with Crippen LogP contribution in [0.1, 0.15) is 75.8 Å². The molecule has 1 fully saturated rings. The van der Waals surface area contributed by atoms with Gasteiger partial charge in [-0.2, -0.15) is 0 Å². The lowest BCUT2D eigenvalue weighted by molar-refractivity contribution is 0.0568. The summed E-state index contributed by atoms with van der Waals surface area (Å²) in [6, 6.07) is 13.1. The largest absolute Gasteiger partial charge is 0.443 e. The molecule has 1 aliphatic heterocycles. The van der Waals surface area contributed by atoms with E-state index >= 15 is 0 Å². The Morgan fingerprint density at radius 2 is 1.81 bits per heavy atom. The molecule has 31 heavy (non-hydrogen) atoms. The second kappa shape index (κ2) is 9.50. The van der Waals surface area contributed by atoms with E-state index in [2.05, 4.69) is 4.98 Å². The minimum atomic E-state index is -0.579. The number of rotatable bonds is 4. The Morgan fingerprint density at radius 1 is 1.10 bits per heavy atom. The number of aromatic nitrogens is 1. The van der Waals surface area contributed by atoms with E-state index in [1.54, 1.807) is 11.1 Å².